The lowest BCUT2D eigenvalue weighted by atomic mass is 9.83. The molecular weight excluding hydrogens is 307 g/mol. The molecule has 1 atom stereocenters. The fourth-order valence-corrected chi connectivity index (χ4v) is 4.19. The van der Waals surface area contributed by atoms with Crippen molar-refractivity contribution in [3.8, 4) is 0 Å². The Kier molecular flexibility index (Phi) is 4.31. The summed E-state index contributed by atoms with van der Waals surface area (Å²) < 4.78 is 19.5. The van der Waals surface area contributed by atoms with E-state index in [1.54, 1.807) is 12.1 Å². The molecule has 3 fully saturated rings. The molecule has 0 radical (unpaired) electrons. The number of benzene rings is 1. The van der Waals surface area contributed by atoms with E-state index >= 15 is 0 Å². The number of ether oxygens (including phenoxy) is 1. The third-order valence-electron chi connectivity index (χ3n) is 5.87. The summed E-state index contributed by atoms with van der Waals surface area (Å²) in [5, 5.41) is 3.37. The van der Waals surface area contributed by atoms with Gasteiger partial charge in [-0.3, -0.25) is 4.79 Å². The Labute approximate surface area is 142 Å². The minimum absolute atomic E-state index is 0.0571. The van der Waals surface area contributed by atoms with Gasteiger partial charge in [0.2, 0.25) is 5.91 Å². The molecule has 1 aromatic carbocycles. The van der Waals surface area contributed by atoms with E-state index in [9.17, 15) is 9.18 Å². The van der Waals surface area contributed by atoms with Crippen LogP contribution in [0, 0.1) is 11.7 Å². The summed E-state index contributed by atoms with van der Waals surface area (Å²) >= 11 is 0. The van der Waals surface area contributed by atoms with Crippen LogP contribution in [0.1, 0.15) is 38.5 Å². The first-order chi connectivity index (χ1) is 11.7. The normalized spacial score (nSPS) is 26.3. The molecule has 2 heterocycles. The Hall–Kier alpha value is -1.46. The van der Waals surface area contributed by atoms with Crippen molar-refractivity contribution in [1.82, 2.24) is 5.32 Å². The fraction of sp³-hybridized carbons (Fsp3) is 0.632. The van der Waals surface area contributed by atoms with Crippen molar-refractivity contribution in [2.45, 2.75) is 50.2 Å². The minimum Gasteiger partial charge on any atom is -0.373 e. The molecule has 1 aliphatic carbocycles. The first-order valence-corrected chi connectivity index (χ1v) is 9.10. The smallest absolute Gasteiger partial charge is 0.230 e. The highest BCUT2D eigenvalue weighted by molar-refractivity contribution is 5.96. The number of amides is 1. The van der Waals surface area contributed by atoms with Crippen molar-refractivity contribution in [1.29, 1.82) is 0 Å². The Balaban J connectivity index is 1.58. The summed E-state index contributed by atoms with van der Waals surface area (Å²) in [5.41, 5.74) is 0.710. The highest BCUT2D eigenvalue weighted by Crippen LogP contribution is 2.39. The molecule has 1 N–H and O–H groups in total. The summed E-state index contributed by atoms with van der Waals surface area (Å²) in [5.74, 6) is 0.0411. The second-order valence-electron chi connectivity index (χ2n) is 7.41. The first-order valence-electron chi connectivity index (χ1n) is 9.10. The van der Waals surface area contributed by atoms with Crippen molar-refractivity contribution < 1.29 is 13.9 Å². The topological polar surface area (TPSA) is 41.6 Å². The van der Waals surface area contributed by atoms with Crippen LogP contribution in [-0.4, -0.2) is 37.2 Å². The Morgan fingerprint density at radius 3 is 2.54 bits per heavy atom. The predicted octanol–water partition coefficient (Wildman–Crippen LogP) is 2.87. The van der Waals surface area contributed by atoms with Gasteiger partial charge in [-0.25, -0.2) is 4.39 Å². The molecule has 1 spiro atoms. The Morgan fingerprint density at radius 2 is 1.92 bits per heavy atom. The maximum Gasteiger partial charge on any atom is 0.230 e. The zero-order chi connectivity index (χ0) is 16.6. The predicted molar refractivity (Wildman–Crippen MR) is 90.4 cm³/mol. The lowest BCUT2D eigenvalue weighted by molar-refractivity contribution is -0.125. The molecule has 3 aliphatic rings. The van der Waals surface area contributed by atoms with E-state index in [0.717, 1.165) is 57.3 Å². The van der Waals surface area contributed by atoms with Crippen molar-refractivity contribution >= 4 is 11.6 Å². The summed E-state index contributed by atoms with van der Waals surface area (Å²) in [6.45, 7) is 2.52. The van der Waals surface area contributed by atoms with Gasteiger partial charge in [-0.1, -0.05) is 6.42 Å². The highest BCUT2D eigenvalue weighted by atomic mass is 19.1. The maximum atomic E-state index is 13.3. The van der Waals surface area contributed by atoms with Gasteiger partial charge in [-0.2, -0.15) is 0 Å². The van der Waals surface area contributed by atoms with Crippen LogP contribution >= 0.6 is 0 Å². The molecule has 0 bridgehead atoms. The second-order valence-corrected chi connectivity index (χ2v) is 7.41. The quantitative estimate of drug-likeness (QED) is 0.925. The number of piperidine rings is 1. The van der Waals surface area contributed by atoms with Crippen molar-refractivity contribution in [2.24, 2.45) is 5.92 Å². The monoisotopic (exact) mass is 332 g/mol. The molecule has 24 heavy (non-hydrogen) atoms. The molecule has 1 unspecified atom stereocenters. The molecule has 130 valence electrons. The highest BCUT2D eigenvalue weighted by Gasteiger charge is 2.45. The largest absolute Gasteiger partial charge is 0.373 e. The van der Waals surface area contributed by atoms with E-state index in [0.29, 0.717) is 6.61 Å². The maximum absolute atomic E-state index is 13.3. The Bertz CT molecular complexity index is 594. The summed E-state index contributed by atoms with van der Waals surface area (Å²) in [7, 11) is 0. The van der Waals surface area contributed by atoms with E-state index in [1.807, 2.05) is 4.90 Å². The molecule has 2 aliphatic heterocycles. The molecule has 0 aromatic heterocycles. The molecule has 1 aromatic rings. The lowest BCUT2D eigenvalue weighted by Gasteiger charge is -2.36. The number of hydrogen-bond donors (Lipinski definition) is 1. The SMILES string of the molecule is O=C(C1CCC1)N(c1ccc(F)cc1)C1COC2(CCNCC2)C1. The van der Waals surface area contributed by atoms with E-state index in [2.05, 4.69) is 5.32 Å². The van der Waals surface area contributed by atoms with E-state index in [4.69, 9.17) is 4.74 Å². The number of carbonyl (C=O) groups is 1. The van der Waals surface area contributed by atoms with Gasteiger partial charge in [-0.15, -0.1) is 0 Å². The van der Waals surface area contributed by atoms with Gasteiger partial charge >= 0.3 is 0 Å². The van der Waals surface area contributed by atoms with Gasteiger partial charge in [-0.05, 0) is 69.5 Å². The van der Waals surface area contributed by atoms with Gasteiger partial charge in [0.05, 0.1) is 18.2 Å². The van der Waals surface area contributed by atoms with Gasteiger partial charge in [0.15, 0.2) is 0 Å². The van der Waals surface area contributed by atoms with Crippen LogP contribution in [0.4, 0.5) is 10.1 Å². The zero-order valence-corrected chi connectivity index (χ0v) is 14.0. The number of carbonyl (C=O) groups excluding carboxylic acids is 1. The number of hydrogen-bond acceptors (Lipinski definition) is 3. The van der Waals surface area contributed by atoms with Crippen molar-refractivity contribution in [2.75, 3.05) is 24.6 Å². The average Bonchev–Trinajstić information content (AvgIpc) is 2.92. The van der Waals surface area contributed by atoms with Crippen LogP contribution < -0.4 is 10.2 Å². The van der Waals surface area contributed by atoms with E-state index < -0.39 is 0 Å². The zero-order valence-electron chi connectivity index (χ0n) is 14.0. The van der Waals surface area contributed by atoms with Crippen LogP contribution in [0.25, 0.3) is 0 Å². The van der Waals surface area contributed by atoms with Gasteiger partial charge < -0.3 is 15.0 Å². The second kappa shape index (κ2) is 6.45. The van der Waals surface area contributed by atoms with E-state index in [-0.39, 0.29) is 29.3 Å². The first kappa shape index (κ1) is 16.0. The Morgan fingerprint density at radius 1 is 1.21 bits per heavy atom. The van der Waals surface area contributed by atoms with E-state index in [1.165, 1.54) is 12.1 Å². The molecule has 4 rings (SSSR count). The van der Waals surface area contributed by atoms with Crippen LogP contribution in [0.3, 0.4) is 0 Å². The number of nitrogens with one attached hydrogen (secondary N) is 1. The molecular formula is C19H25FN2O2. The van der Waals surface area contributed by atoms with Crippen LogP contribution in [-0.2, 0) is 9.53 Å². The summed E-state index contributed by atoms with van der Waals surface area (Å²) in [6.07, 6.45) is 5.95. The number of rotatable bonds is 3. The number of halogens is 1. The van der Waals surface area contributed by atoms with Gasteiger partial charge in [0.25, 0.3) is 0 Å². The standard InChI is InChI=1S/C19H25FN2O2/c20-15-4-6-16(7-5-15)22(18(23)14-2-1-3-14)17-12-19(24-13-17)8-10-21-11-9-19/h4-7,14,17,21H,1-3,8-13H2. The van der Waals surface area contributed by atoms with Crippen molar-refractivity contribution in [3.05, 3.63) is 30.1 Å². The third kappa shape index (κ3) is 2.95. The van der Waals surface area contributed by atoms with Crippen LogP contribution in [0.2, 0.25) is 0 Å². The van der Waals surface area contributed by atoms with Gasteiger partial charge in [0.1, 0.15) is 5.82 Å². The third-order valence-corrected chi connectivity index (χ3v) is 5.87. The minimum atomic E-state index is -0.271. The molecule has 2 saturated heterocycles. The molecule has 4 nitrogen and oxygen atoms in total. The van der Waals surface area contributed by atoms with Crippen LogP contribution in [0.15, 0.2) is 24.3 Å². The van der Waals surface area contributed by atoms with Crippen LogP contribution in [0.5, 0.6) is 0 Å². The summed E-state index contributed by atoms with van der Waals surface area (Å²) in [4.78, 5) is 14.9. The molecule has 5 heteroatoms. The summed E-state index contributed by atoms with van der Waals surface area (Å²) in [6, 6.07) is 6.37. The molecule has 1 saturated carbocycles. The lowest BCUT2D eigenvalue weighted by Crippen LogP contribution is -2.47. The molecule has 1 amide bonds. The van der Waals surface area contributed by atoms with Crippen molar-refractivity contribution in [3.63, 3.8) is 0 Å². The van der Waals surface area contributed by atoms with Gasteiger partial charge in [0, 0.05) is 11.6 Å². The average molecular weight is 332 g/mol. The number of nitrogens with zero attached hydrogens (tertiary/aromatic N) is 1. The fourth-order valence-electron chi connectivity index (χ4n) is 4.19. The number of anilines is 1.